The van der Waals surface area contributed by atoms with Crippen LogP contribution in [0.1, 0.15) is 33.4 Å². The predicted octanol–water partition coefficient (Wildman–Crippen LogP) is 0.201. The minimum absolute atomic E-state index is 0.417. The lowest BCUT2D eigenvalue weighted by atomic mass is 10.0. The van der Waals surface area contributed by atoms with Crippen molar-refractivity contribution in [3.05, 3.63) is 57.6 Å². The quantitative estimate of drug-likeness (QED) is 0.192. The molecule has 3 heterocycles. The van der Waals surface area contributed by atoms with Crippen LogP contribution in [0.4, 0.5) is 0 Å². The summed E-state index contributed by atoms with van der Waals surface area (Å²) in [6.07, 6.45) is 0. The van der Waals surface area contributed by atoms with E-state index in [4.69, 9.17) is 0 Å². The molecule has 4 unspecified atom stereocenters. The monoisotopic (exact) mass is 695 g/mol. The molecule has 280 valence electrons. The van der Waals surface area contributed by atoms with Crippen molar-refractivity contribution in [3.63, 3.8) is 0 Å². The Labute approximate surface area is 301 Å². The number of aromatic hydroxyl groups is 2. The van der Waals surface area contributed by atoms with Gasteiger partial charge >= 0.3 is 0 Å². The maximum atomic E-state index is 11.2. The van der Waals surface area contributed by atoms with E-state index in [-0.39, 0.29) is 0 Å². The summed E-state index contributed by atoms with van der Waals surface area (Å²) >= 11 is 0. The molecule has 0 aromatic heterocycles. The van der Waals surface area contributed by atoms with Gasteiger partial charge in [-0.1, -0.05) is 35.4 Å². The first-order valence-electron chi connectivity index (χ1n) is 19.2. The van der Waals surface area contributed by atoms with E-state index in [9.17, 15) is 10.2 Å². The van der Waals surface area contributed by atoms with Crippen LogP contribution in [0.2, 0.25) is 0 Å². The van der Waals surface area contributed by atoms with Gasteiger partial charge in [-0.2, -0.15) is 0 Å². The number of hydrogen-bond acceptors (Lipinski definition) is 12. The van der Waals surface area contributed by atoms with E-state index in [1.807, 2.05) is 0 Å². The molecule has 12 heteroatoms. The third-order valence-electron chi connectivity index (χ3n) is 10.4. The molecule has 8 N–H and O–H groups in total. The molecule has 5 rings (SSSR count). The molecule has 0 aliphatic carbocycles. The van der Waals surface area contributed by atoms with Gasteiger partial charge in [0.05, 0.1) is 0 Å². The summed E-state index contributed by atoms with van der Waals surface area (Å²) < 4.78 is 0. The summed E-state index contributed by atoms with van der Waals surface area (Å²) in [4.78, 5) is 10.2. The highest BCUT2D eigenvalue weighted by molar-refractivity contribution is 5.44. The molecule has 0 radical (unpaired) electrons. The summed E-state index contributed by atoms with van der Waals surface area (Å²) in [5.41, 5.74) is 6.26. The molecule has 12 nitrogen and oxygen atoms in total. The Morgan fingerprint density at radius 3 is 0.820 bits per heavy atom. The van der Waals surface area contributed by atoms with E-state index < -0.39 is 0 Å². The van der Waals surface area contributed by atoms with Crippen LogP contribution in [0.5, 0.6) is 11.5 Å². The van der Waals surface area contributed by atoms with Crippen LogP contribution in [-0.4, -0.2) is 161 Å². The fourth-order valence-electron chi connectivity index (χ4n) is 7.35. The zero-order valence-electron chi connectivity index (χ0n) is 31.0. The van der Waals surface area contributed by atoms with Gasteiger partial charge in [0.1, 0.15) is 11.5 Å². The highest BCUT2D eigenvalue weighted by Gasteiger charge is 2.16. The summed E-state index contributed by atoms with van der Waals surface area (Å²) in [6.45, 7) is 26.6. The molecule has 2 aromatic rings. The molecular weight excluding hydrogens is 628 g/mol. The molecule has 2 saturated heterocycles. The molecule has 8 bridgehead atoms. The van der Waals surface area contributed by atoms with Gasteiger partial charge in [-0.25, -0.2) is 0 Å². The Bertz CT molecular complexity index is 1110. The van der Waals surface area contributed by atoms with Gasteiger partial charge in [0.25, 0.3) is 0 Å². The lowest BCUT2D eigenvalue weighted by Gasteiger charge is -2.26. The van der Waals surface area contributed by atoms with Gasteiger partial charge in [-0.3, -0.25) is 19.6 Å². The minimum Gasteiger partial charge on any atom is -0.507 e. The number of fused-ring (bicyclic) bond motifs is 10. The van der Waals surface area contributed by atoms with Crippen LogP contribution in [0.25, 0.3) is 0 Å². The van der Waals surface area contributed by atoms with Crippen LogP contribution < -0.4 is 31.9 Å². The number of aryl methyl sites for hydroxylation is 2. The number of nitrogens with zero attached hydrogens (tertiary/aromatic N) is 4. The predicted molar refractivity (Wildman–Crippen MR) is 204 cm³/mol. The lowest BCUT2D eigenvalue weighted by molar-refractivity contribution is 0.219. The van der Waals surface area contributed by atoms with Crippen molar-refractivity contribution in [1.82, 2.24) is 51.5 Å². The largest absolute Gasteiger partial charge is 0.507 e. The average Bonchev–Trinajstić information content (AvgIpc) is 3.29. The van der Waals surface area contributed by atoms with Gasteiger partial charge in [0.2, 0.25) is 0 Å². The fraction of sp³-hybridized carbons (Fsp3) is 0.684. The van der Waals surface area contributed by atoms with Crippen LogP contribution in [0.3, 0.4) is 0 Å². The van der Waals surface area contributed by atoms with Crippen molar-refractivity contribution in [2.45, 2.75) is 40.0 Å². The Balaban J connectivity index is 1.23. The van der Waals surface area contributed by atoms with E-state index in [1.54, 1.807) is 0 Å². The molecular formula is C38H66N10O2. The Morgan fingerprint density at radius 1 is 0.360 bits per heavy atom. The van der Waals surface area contributed by atoms with E-state index >= 15 is 0 Å². The van der Waals surface area contributed by atoms with E-state index in [0.717, 1.165) is 153 Å². The van der Waals surface area contributed by atoms with Crippen molar-refractivity contribution in [1.29, 1.82) is 0 Å². The number of phenols is 2. The zero-order valence-corrected chi connectivity index (χ0v) is 31.0. The summed E-state index contributed by atoms with van der Waals surface area (Å²) in [5.74, 6) is 0.834. The second kappa shape index (κ2) is 21.2. The van der Waals surface area contributed by atoms with Gasteiger partial charge < -0.3 is 42.1 Å². The number of phenolic OH excluding ortho intramolecular Hbond substituents is 2. The summed E-state index contributed by atoms with van der Waals surface area (Å²) in [5, 5.41) is 44.0. The molecule has 3 aliphatic rings. The van der Waals surface area contributed by atoms with Crippen LogP contribution in [0, 0.1) is 13.8 Å². The second-order valence-electron chi connectivity index (χ2n) is 14.4. The van der Waals surface area contributed by atoms with Crippen molar-refractivity contribution in [2.24, 2.45) is 0 Å². The number of hydrogen-bond donors (Lipinski definition) is 8. The van der Waals surface area contributed by atoms with Gasteiger partial charge in [-0.15, -0.1) is 0 Å². The molecule has 4 atom stereocenters. The molecule has 2 aromatic carbocycles. The third kappa shape index (κ3) is 13.0. The number of nitrogens with one attached hydrogen (secondary N) is 6. The van der Waals surface area contributed by atoms with E-state index in [2.05, 4.69) is 89.6 Å². The topological polar surface area (TPSA) is 126 Å². The van der Waals surface area contributed by atoms with Gasteiger partial charge in [0.15, 0.2) is 0 Å². The highest BCUT2D eigenvalue weighted by atomic mass is 16.3. The normalized spacial score (nSPS) is 26.8. The Kier molecular flexibility index (Phi) is 16.5. The van der Waals surface area contributed by atoms with Crippen molar-refractivity contribution in [3.8, 4) is 11.5 Å². The van der Waals surface area contributed by atoms with Gasteiger partial charge in [0, 0.05) is 179 Å². The standard InChI is InChI=1S/C38H66N10O2/c1-31-23-33-27-41-7-15-45-11-3-39-5-13-47(21-19-45)17-9-43-29-35-25-32(2)26-36(38(35)50)30-44-10-18-48-14-6-40-4-12-46(20-22-48)16-8-42-28-34(24-31)37(33)49/h23-26,39-44,49-50H,3-22,27-30H2,1-2H3. The van der Waals surface area contributed by atoms with E-state index in [1.165, 1.54) is 11.1 Å². The smallest absolute Gasteiger partial charge is 0.124 e. The Hall–Kier alpha value is -2.36. The molecule has 50 heavy (non-hydrogen) atoms. The maximum absolute atomic E-state index is 11.2. The molecule has 0 amide bonds. The Morgan fingerprint density at radius 2 is 0.580 bits per heavy atom. The third-order valence-corrected chi connectivity index (χ3v) is 10.4. The van der Waals surface area contributed by atoms with Crippen LogP contribution >= 0.6 is 0 Å². The number of rotatable bonds is 0. The van der Waals surface area contributed by atoms with Crippen molar-refractivity contribution in [2.75, 3.05) is 131 Å². The number of benzene rings is 2. The van der Waals surface area contributed by atoms with Crippen LogP contribution in [-0.2, 0) is 26.2 Å². The first-order valence-corrected chi connectivity index (χ1v) is 19.2. The molecule has 2 fully saturated rings. The maximum Gasteiger partial charge on any atom is 0.124 e. The lowest BCUT2D eigenvalue weighted by Crippen LogP contribution is -2.41. The minimum atomic E-state index is 0.417. The molecule has 0 saturated carbocycles. The first-order chi connectivity index (χ1) is 24.4. The highest BCUT2D eigenvalue weighted by Crippen LogP contribution is 2.25. The van der Waals surface area contributed by atoms with Crippen molar-refractivity contribution >= 4 is 0 Å². The second-order valence-corrected chi connectivity index (χ2v) is 14.4. The summed E-state index contributed by atoms with van der Waals surface area (Å²) in [7, 11) is 0. The molecule has 3 aliphatic heterocycles. The SMILES string of the molecule is Cc1cc2c(O)c(c1)CNCCN1CCNCCN(CCNCc3cc(C)cc(c3O)CNCCN3CCNCCN(CCNC2)CC3)CC1. The zero-order chi connectivity index (χ0) is 35.0. The molecule has 0 spiro atoms. The van der Waals surface area contributed by atoms with Gasteiger partial charge in [-0.05, 0) is 13.8 Å². The average molecular weight is 695 g/mol. The van der Waals surface area contributed by atoms with Crippen LogP contribution in [0.15, 0.2) is 24.3 Å². The fourth-order valence-corrected chi connectivity index (χ4v) is 7.35. The summed E-state index contributed by atoms with van der Waals surface area (Å²) in [6, 6.07) is 8.45. The first kappa shape index (κ1) is 38.9. The van der Waals surface area contributed by atoms with Crippen molar-refractivity contribution < 1.29 is 10.2 Å². The van der Waals surface area contributed by atoms with E-state index in [0.29, 0.717) is 37.7 Å².